The minimum atomic E-state index is 0.365. The number of benzene rings is 2. The Balaban J connectivity index is 2.27. The molecule has 0 aromatic heterocycles. The molecular weight excluding hydrogens is 446 g/mol. The standard InChI is InChI=1S/C20H24OSSe2/c1-3-15-22-19(16-21-4-2)20(23-17-11-7-5-8-12-17)24-18-13-9-6-10-14-18/h5-14H,3-4,15-16H2,1-2H3. The molecular formula is C20H24OSSe2. The van der Waals surface area contributed by atoms with Gasteiger partial charge in [0.1, 0.15) is 0 Å². The molecule has 2 rings (SSSR count). The predicted molar refractivity (Wildman–Crippen MR) is 110 cm³/mol. The van der Waals surface area contributed by atoms with Crippen molar-refractivity contribution >= 4 is 50.6 Å². The van der Waals surface area contributed by atoms with Gasteiger partial charge in [0, 0.05) is 0 Å². The molecule has 0 aliphatic rings. The van der Waals surface area contributed by atoms with Gasteiger partial charge >= 0.3 is 164 Å². The number of rotatable bonds is 10. The van der Waals surface area contributed by atoms with E-state index in [4.69, 9.17) is 4.74 Å². The van der Waals surface area contributed by atoms with Crippen LogP contribution in [0.3, 0.4) is 0 Å². The Hall–Kier alpha value is -0.471. The van der Waals surface area contributed by atoms with Crippen LogP contribution in [0.15, 0.2) is 68.9 Å². The average Bonchev–Trinajstić information content (AvgIpc) is 2.63. The van der Waals surface area contributed by atoms with Crippen molar-refractivity contribution in [1.29, 1.82) is 0 Å². The van der Waals surface area contributed by atoms with Crippen LogP contribution in [0.2, 0.25) is 0 Å². The van der Waals surface area contributed by atoms with E-state index in [1.807, 2.05) is 11.8 Å². The van der Waals surface area contributed by atoms with Gasteiger partial charge in [-0.1, -0.05) is 0 Å². The Morgan fingerprint density at radius 3 is 1.88 bits per heavy atom. The van der Waals surface area contributed by atoms with Crippen LogP contribution >= 0.6 is 11.8 Å². The topological polar surface area (TPSA) is 9.23 Å². The molecule has 0 amide bonds. The molecule has 0 radical (unpaired) electrons. The van der Waals surface area contributed by atoms with Crippen molar-refractivity contribution in [2.45, 2.75) is 20.3 Å². The first-order valence-electron chi connectivity index (χ1n) is 8.23. The van der Waals surface area contributed by atoms with E-state index in [9.17, 15) is 0 Å². The third-order valence-corrected chi connectivity index (χ3v) is 10.7. The maximum absolute atomic E-state index is 5.79. The van der Waals surface area contributed by atoms with Crippen LogP contribution in [-0.4, -0.2) is 48.9 Å². The van der Waals surface area contributed by atoms with E-state index < -0.39 is 0 Å². The molecule has 0 bridgehead atoms. The molecule has 0 unspecified atom stereocenters. The molecule has 0 aliphatic heterocycles. The molecule has 4 heteroatoms. The molecule has 128 valence electrons. The Kier molecular flexibility index (Phi) is 9.90. The third kappa shape index (κ3) is 7.19. The molecule has 1 nitrogen and oxygen atoms in total. The molecule has 0 heterocycles. The summed E-state index contributed by atoms with van der Waals surface area (Å²) in [5.41, 5.74) is 0. The second kappa shape index (κ2) is 12.0. The summed E-state index contributed by atoms with van der Waals surface area (Å²) in [7, 11) is 0. The summed E-state index contributed by atoms with van der Waals surface area (Å²) in [6, 6.07) is 21.8. The minimum absolute atomic E-state index is 0.365. The maximum atomic E-state index is 5.79. The summed E-state index contributed by atoms with van der Waals surface area (Å²) < 4.78 is 10.3. The van der Waals surface area contributed by atoms with Crippen molar-refractivity contribution in [2.75, 3.05) is 19.0 Å². The van der Waals surface area contributed by atoms with Gasteiger partial charge in [0.15, 0.2) is 0 Å². The molecule has 0 saturated carbocycles. The van der Waals surface area contributed by atoms with Crippen molar-refractivity contribution in [2.24, 2.45) is 0 Å². The Bertz CT molecular complexity index is 561. The van der Waals surface area contributed by atoms with Gasteiger partial charge in [-0.25, -0.2) is 0 Å². The molecule has 24 heavy (non-hydrogen) atoms. The summed E-state index contributed by atoms with van der Waals surface area (Å²) in [4.78, 5) is 1.46. The molecule has 2 aromatic rings. The summed E-state index contributed by atoms with van der Waals surface area (Å²) >= 11 is 2.72. The van der Waals surface area contributed by atoms with Gasteiger partial charge in [-0.3, -0.25) is 0 Å². The number of hydrogen-bond acceptors (Lipinski definition) is 2. The summed E-state index contributed by atoms with van der Waals surface area (Å²) in [5, 5.41) is 0. The SMILES string of the molecule is CCCSC(COCC)=C([Se]c1ccccc1)[Se]c1ccccc1. The van der Waals surface area contributed by atoms with Gasteiger partial charge < -0.3 is 0 Å². The molecule has 0 aliphatic carbocycles. The molecule has 0 spiro atoms. The van der Waals surface area contributed by atoms with Crippen LogP contribution in [0.25, 0.3) is 0 Å². The zero-order valence-electron chi connectivity index (χ0n) is 14.2. The fourth-order valence-corrected chi connectivity index (χ4v) is 9.31. The van der Waals surface area contributed by atoms with E-state index in [1.54, 1.807) is 3.37 Å². The first-order chi connectivity index (χ1) is 11.8. The van der Waals surface area contributed by atoms with Crippen LogP contribution in [0.1, 0.15) is 20.3 Å². The molecule has 0 fully saturated rings. The average molecular weight is 470 g/mol. The van der Waals surface area contributed by atoms with Crippen molar-refractivity contribution in [3.8, 4) is 0 Å². The summed E-state index contributed by atoms with van der Waals surface area (Å²) in [6.45, 7) is 5.86. The van der Waals surface area contributed by atoms with Gasteiger partial charge in [0.2, 0.25) is 0 Å². The van der Waals surface area contributed by atoms with E-state index in [0.29, 0.717) is 29.9 Å². The van der Waals surface area contributed by atoms with E-state index >= 15 is 0 Å². The van der Waals surface area contributed by atoms with Crippen LogP contribution in [0, 0.1) is 0 Å². The fourth-order valence-electron chi connectivity index (χ4n) is 1.91. The predicted octanol–water partition coefficient (Wildman–Crippen LogP) is 3.39. The van der Waals surface area contributed by atoms with Gasteiger partial charge in [0.05, 0.1) is 0 Å². The van der Waals surface area contributed by atoms with Crippen molar-refractivity contribution in [3.63, 3.8) is 0 Å². The molecule has 0 atom stereocenters. The van der Waals surface area contributed by atoms with Crippen molar-refractivity contribution < 1.29 is 4.74 Å². The summed E-state index contributed by atoms with van der Waals surface area (Å²) in [5.74, 6) is 1.17. The van der Waals surface area contributed by atoms with Crippen molar-refractivity contribution in [3.05, 3.63) is 68.9 Å². The quantitative estimate of drug-likeness (QED) is 0.493. The normalized spacial score (nSPS) is 10.6. The monoisotopic (exact) mass is 472 g/mol. The van der Waals surface area contributed by atoms with E-state index in [1.165, 1.54) is 26.0 Å². The Morgan fingerprint density at radius 1 is 0.875 bits per heavy atom. The first-order valence-corrected chi connectivity index (χ1v) is 12.6. The van der Waals surface area contributed by atoms with Gasteiger partial charge in [0.25, 0.3) is 0 Å². The van der Waals surface area contributed by atoms with E-state index in [2.05, 4.69) is 74.5 Å². The van der Waals surface area contributed by atoms with Crippen molar-refractivity contribution in [1.82, 2.24) is 0 Å². The van der Waals surface area contributed by atoms with Crippen LogP contribution in [0.5, 0.6) is 0 Å². The fraction of sp³-hybridized carbons (Fsp3) is 0.300. The first kappa shape index (κ1) is 19.8. The Morgan fingerprint density at radius 2 is 1.42 bits per heavy atom. The summed E-state index contributed by atoms with van der Waals surface area (Å²) in [6.07, 6.45) is 1.20. The zero-order valence-corrected chi connectivity index (χ0v) is 18.5. The number of hydrogen-bond donors (Lipinski definition) is 0. The number of ether oxygens (including phenoxy) is 1. The van der Waals surface area contributed by atoms with Crippen LogP contribution < -0.4 is 8.92 Å². The van der Waals surface area contributed by atoms with Crippen LogP contribution in [-0.2, 0) is 4.74 Å². The number of thioether (sulfide) groups is 1. The van der Waals surface area contributed by atoms with Gasteiger partial charge in [-0.2, -0.15) is 0 Å². The molecule has 2 aromatic carbocycles. The molecule has 0 saturated heterocycles. The Labute approximate surface area is 163 Å². The van der Waals surface area contributed by atoms with E-state index in [0.717, 1.165) is 13.2 Å². The second-order valence-corrected chi connectivity index (χ2v) is 12.1. The third-order valence-electron chi connectivity index (χ3n) is 3.05. The molecule has 0 N–H and O–H groups in total. The van der Waals surface area contributed by atoms with E-state index in [-0.39, 0.29) is 0 Å². The second-order valence-electron chi connectivity index (χ2n) is 5.03. The van der Waals surface area contributed by atoms with Gasteiger partial charge in [-0.15, -0.1) is 0 Å². The van der Waals surface area contributed by atoms with Gasteiger partial charge in [-0.05, 0) is 0 Å². The zero-order chi connectivity index (χ0) is 17.0. The van der Waals surface area contributed by atoms with Crippen LogP contribution in [0.4, 0.5) is 0 Å².